The molecule has 0 amide bonds. The normalized spacial score (nSPS) is 15.7. The van der Waals surface area contributed by atoms with E-state index in [2.05, 4.69) is 35.0 Å². The molecule has 0 bridgehead atoms. The fourth-order valence-electron chi connectivity index (χ4n) is 3.60. The number of nitrogens with zero attached hydrogens (tertiary/aromatic N) is 2. The standard InChI is InChI=1S/C23H23F3N2O/c1-27-11-13-28(14-12-27)22-4-2-3-18-7-10-20(15-21(18)22)29-16-17-5-8-19(9-6-17)23(24,25)26/h2-10,15H,11-14,16H2,1H3. The van der Waals surface area contributed by atoms with E-state index in [9.17, 15) is 13.2 Å². The molecular weight excluding hydrogens is 377 g/mol. The van der Waals surface area contributed by atoms with E-state index >= 15 is 0 Å². The van der Waals surface area contributed by atoms with Gasteiger partial charge in [-0.25, -0.2) is 0 Å². The molecule has 3 nitrogen and oxygen atoms in total. The molecule has 152 valence electrons. The molecule has 0 spiro atoms. The predicted octanol–water partition coefficient (Wildman–Crippen LogP) is 5.19. The van der Waals surface area contributed by atoms with Crippen molar-refractivity contribution in [1.82, 2.24) is 4.90 Å². The van der Waals surface area contributed by atoms with Crippen LogP contribution < -0.4 is 9.64 Å². The molecule has 0 saturated carbocycles. The van der Waals surface area contributed by atoms with Gasteiger partial charge in [-0.05, 0) is 48.3 Å². The van der Waals surface area contributed by atoms with Crippen molar-refractivity contribution in [3.63, 3.8) is 0 Å². The summed E-state index contributed by atoms with van der Waals surface area (Å²) in [5.74, 6) is 0.707. The van der Waals surface area contributed by atoms with Crippen LogP contribution in [0.1, 0.15) is 11.1 Å². The summed E-state index contributed by atoms with van der Waals surface area (Å²) in [7, 11) is 2.13. The first-order valence-corrected chi connectivity index (χ1v) is 9.65. The van der Waals surface area contributed by atoms with Gasteiger partial charge in [0, 0.05) is 37.3 Å². The van der Waals surface area contributed by atoms with Crippen molar-refractivity contribution < 1.29 is 17.9 Å². The minimum Gasteiger partial charge on any atom is -0.489 e. The highest BCUT2D eigenvalue weighted by Gasteiger charge is 2.29. The highest BCUT2D eigenvalue weighted by molar-refractivity contribution is 5.95. The van der Waals surface area contributed by atoms with Crippen molar-refractivity contribution >= 4 is 16.5 Å². The van der Waals surface area contributed by atoms with Crippen LogP contribution in [0.2, 0.25) is 0 Å². The van der Waals surface area contributed by atoms with Gasteiger partial charge in [0.15, 0.2) is 0 Å². The van der Waals surface area contributed by atoms with Crippen LogP contribution in [0.5, 0.6) is 5.75 Å². The van der Waals surface area contributed by atoms with Gasteiger partial charge in [0.2, 0.25) is 0 Å². The van der Waals surface area contributed by atoms with Gasteiger partial charge >= 0.3 is 6.18 Å². The van der Waals surface area contributed by atoms with Crippen LogP contribution in [0.3, 0.4) is 0 Å². The number of fused-ring (bicyclic) bond motifs is 1. The second-order valence-corrected chi connectivity index (χ2v) is 7.43. The summed E-state index contributed by atoms with van der Waals surface area (Å²) in [6.07, 6.45) is -4.32. The summed E-state index contributed by atoms with van der Waals surface area (Å²) >= 11 is 0. The molecule has 1 heterocycles. The van der Waals surface area contributed by atoms with Gasteiger partial charge in [-0.1, -0.05) is 30.3 Å². The Labute approximate surface area is 168 Å². The van der Waals surface area contributed by atoms with Gasteiger partial charge in [0.05, 0.1) is 5.56 Å². The first-order valence-electron chi connectivity index (χ1n) is 9.65. The molecule has 29 heavy (non-hydrogen) atoms. The number of hydrogen-bond donors (Lipinski definition) is 0. The average molecular weight is 400 g/mol. The zero-order valence-electron chi connectivity index (χ0n) is 16.2. The largest absolute Gasteiger partial charge is 0.489 e. The molecule has 1 fully saturated rings. The third kappa shape index (κ3) is 4.48. The lowest BCUT2D eigenvalue weighted by Gasteiger charge is -2.34. The highest BCUT2D eigenvalue weighted by Crippen LogP contribution is 2.32. The van der Waals surface area contributed by atoms with E-state index < -0.39 is 11.7 Å². The molecular formula is C23H23F3N2O. The fourth-order valence-corrected chi connectivity index (χ4v) is 3.60. The summed E-state index contributed by atoms with van der Waals surface area (Å²) < 4.78 is 44.0. The maximum Gasteiger partial charge on any atom is 0.416 e. The molecule has 1 aliphatic rings. The molecule has 0 aliphatic carbocycles. The van der Waals surface area contributed by atoms with Gasteiger partial charge in [-0.15, -0.1) is 0 Å². The molecule has 0 aromatic heterocycles. The molecule has 1 aliphatic heterocycles. The van der Waals surface area contributed by atoms with Crippen LogP contribution in [-0.2, 0) is 12.8 Å². The van der Waals surface area contributed by atoms with E-state index in [1.54, 1.807) is 0 Å². The highest BCUT2D eigenvalue weighted by atomic mass is 19.4. The summed E-state index contributed by atoms with van der Waals surface area (Å²) in [5.41, 5.74) is 1.24. The number of anilines is 1. The Bertz CT molecular complexity index is 978. The fraction of sp³-hybridized carbons (Fsp3) is 0.304. The minimum absolute atomic E-state index is 0.223. The molecule has 0 unspecified atom stereocenters. The SMILES string of the molecule is CN1CCN(c2cccc3ccc(OCc4ccc(C(F)(F)F)cc4)cc23)CC1. The number of rotatable bonds is 4. The summed E-state index contributed by atoms with van der Waals surface area (Å²) in [5, 5.41) is 2.27. The average Bonchev–Trinajstić information content (AvgIpc) is 2.72. The van der Waals surface area contributed by atoms with Crippen molar-refractivity contribution in [2.75, 3.05) is 38.1 Å². The smallest absolute Gasteiger partial charge is 0.416 e. The van der Waals surface area contributed by atoms with Gasteiger partial charge in [0.1, 0.15) is 12.4 Å². The van der Waals surface area contributed by atoms with Crippen LogP contribution in [-0.4, -0.2) is 38.1 Å². The number of halogens is 3. The maximum atomic E-state index is 12.7. The first-order chi connectivity index (χ1) is 13.9. The van der Waals surface area contributed by atoms with Crippen molar-refractivity contribution in [3.8, 4) is 5.75 Å². The zero-order valence-corrected chi connectivity index (χ0v) is 16.2. The van der Waals surface area contributed by atoms with Gasteiger partial charge < -0.3 is 14.5 Å². The zero-order chi connectivity index (χ0) is 20.4. The molecule has 4 rings (SSSR count). The van der Waals surface area contributed by atoms with Crippen LogP contribution in [0.4, 0.5) is 18.9 Å². The van der Waals surface area contributed by atoms with E-state index in [0.717, 1.165) is 49.1 Å². The first kappa shape index (κ1) is 19.6. The minimum atomic E-state index is -4.32. The van der Waals surface area contributed by atoms with Crippen LogP contribution in [0.15, 0.2) is 60.7 Å². The summed E-state index contributed by atoms with van der Waals surface area (Å²) in [4.78, 5) is 4.71. The number of hydrogen-bond acceptors (Lipinski definition) is 3. The van der Waals surface area contributed by atoms with Crippen LogP contribution in [0, 0.1) is 0 Å². The molecule has 3 aromatic rings. The van der Waals surface area contributed by atoms with Gasteiger partial charge in [-0.3, -0.25) is 0 Å². The summed E-state index contributed by atoms with van der Waals surface area (Å²) in [6.45, 7) is 4.24. The Morgan fingerprint density at radius 2 is 1.62 bits per heavy atom. The van der Waals surface area contributed by atoms with Crippen molar-refractivity contribution in [2.45, 2.75) is 12.8 Å². The van der Waals surface area contributed by atoms with E-state index in [1.807, 2.05) is 18.2 Å². The van der Waals surface area contributed by atoms with Crippen molar-refractivity contribution in [2.24, 2.45) is 0 Å². The molecule has 0 radical (unpaired) electrons. The van der Waals surface area contributed by atoms with Crippen molar-refractivity contribution in [3.05, 3.63) is 71.8 Å². The lowest BCUT2D eigenvalue weighted by molar-refractivity contribution is -0.137. The topological polar surface area (TPSA) is 15.7 Å². The monoisotopic (exact) mass is 400 g/mol. The Morgan fingerprint density at radius 1 is 0.897 bits per heavy atom. The van der Waals surface area contributed by atoms with Gasteiger partial charge in [0.25, 0.3) is 0 Å². The third-order valence-electron chi connectivity index (χ3n) is 5.36. The van der Waals surface area contributed by atoms with E-state index in [4.69, 9.17) is 4.74 Å². The Kier molecular flexibility index (Phi) is 5.37. The molecule has 0 atom stereocenters. The van der Waals surface area contributed by atoms with Crippen LogP contribution in [0.25, 0.3) is 10.8 Å². The maximum absolute atomic E-state index is 12.7. The lowest BCUT2D eigenvalue weighted by atomic mass is 10.1. The number of benzene rings is 3. The number of ether oxygens (including phenoxy) is 1. The Balaban J connectivity index is 1.52. The number of piperazine rings is 1. The molecule has 1 saturated heterocycles. The second-order valence-electron chi connectivity index (χ2n) is 7.43. The van der Waals surface area contributed by atoms with Gasteiger partial charge in [-0.2, -0.15) is 13.2 Å². The van der Waals surface area contributed by atoms with E-state index in [1.165, 1.54) is 17.8 Å². The van der Waals surface area contributed by atoms with E-state index in [-0.39, 0.29) is 6.61 Å². The molecule has 6 heteroatoms. The quantitative estimate of drug-likeness (QED) is 0.600. The number of alkyl halides is 3. The summed E-state index contributed by atoms with van der Waals surface area (Å²) in [6, 6.07) is 17.3. The number of likely N-dealkylation sites (N-methyl/N-ethyl adjacent to an activating group) is 1. The second kappa shape index (κ2) is 7.95. The lowest BCUT2D eigenvalue weighted by Crippen LogP contribution is -2.44. The molecule has 0 N–H and O–H groups in total. The predicted molar refractivity (Wildman–Crippen MR) is 109 cm³/mol. The third-order valence-corrected chi connectivity index (χ3v) is 5.36. The Morgan fingerprint density at radius 3 is 2.31 bits per heavy atom. The van der Waals surface area contributed by atoms with Crippen LogP contribution >= 0.6 is 0 Å². The molecule has 3 aromatic carbocycles. The van der Waals surface area contributed by atoms with E-state index in [0.29, 0.717) is 11.3 Å². The van der Waals surface area contributed by atoms with Crippen molar-refractivity contribution in [1.29, 1.82) is 0 Å². The Hall–Kier alpha value is -2.73.